The number of amides is 2. The predicted octanol–water partition coefficient (Wildman–Crippen LogP) is 1.18. The molecular formula is C16H21N3O3. The van der Waals surface area contributed by atoms with Gasteiger partial charge in [0.15, 0.2) is 0 Å². The van der Waals surface area contributed by atoms with Gasteiger partial charge in [-0.05, 0) is 18.6 Å². The van der Waals surface area contributed by atoms with Crippen LogP contribution in [0.2, 0.25) is 0 Å². The summed E-state index contributed by atoms with van der Waals surface area (Å²) in [5, 5.41) is 0. The zero-order valence-corrected chi connectivity index (χ0v) is 12.6. The van der Waals surface area contributed by atoms with Gasteiger partial charge in [0.05, 0.1) is 6.61 Å². The van der Waals surface area contributed by atoms with Crippen molar-refractivity contribution in [2.45, 2.75) is 6.42 Å². The van der Waals surface area contributed by atoms with E-state index in [4.69, 9.17) is 4.74 Å². The van der Waals surface area contributed by atoms with Crippen LogP contribution in [0.1, 0.15) is 6.42 Å². The van der Waals surface area contributed by atoms with Crippen LogP contribution in [0.5, 0.6) is 0 Å². The number of ether oxygens (including phenoxy) is 1. The van der Waals surface area contributed by atoms with Gasteiger partial charge in [0, 0.05) is 38.4 Å². The van der Waals surface area contributed by atoms with Gasteiger partial charge < -0.3 is 14.5 Å². The van der Waals surface area contributed by atoms with Gasteiger partial charge in [-0.3, -0.25) is 9.69 Å². The van der Waals surface area contributed by atoms with E-state index in [1.807, 2.05) is 23.1 Å². The molecule has 0 aromatic heterocycles. The summed E-state index contributed by atoms with van der Waals surface area (Å²) in [4.78, 5) is 29.5. The molecule has 0 bridgehead atoms. The number of cyclic esters (lactones) is 1. The van der Waals surface area contributed by atoms with E-state index in [1.54, 1.807) is 0 Å². The highest BCUT2D eigenvalue weighted by Crippen LogP contribution is 2.16. The minimum absolute atomic E-state index is 0.00608. The summed E-state index contributed by atoms with van der Waals surface area (Å²) < 4.78 is 4.96. The fourth-order valence-electron chi connectivity index (χ4n) is 2.86. The molecule has 1 aromatic carbocycles. The van der Waals surface area contributed by atoms with E-state index >= 15 is 0 Å². The summed E-state index contributed by atoms with van der Waals surface area (Å²) >= 11 is 0. The van der Waals surface area contributed by atoms with Crippen molar-refractivity contribution in [2.24, 2.45) is 0 Å². The maximum Gasteiger partial charge on any atom is 0.410 e. The third-order valence-corrected chi connectivity index (χ3v) is 4.14. The summed E-state index contributed by atoms with van der Waals surface area (Å²) in [6, 6.07) is 10.2. The number of carbonyl (C=O) groups is 2. The Hall–Kier alpha value is -2.24. The molecule has 3 rings (SSSR count). The molecule has 0 atom stereocenters. The normalized spacial score (nSPS) is 19.1. The van der Waals surface area contributed by atoms with Crippen molar-refractivity contribution in [3.05, 3.63) is 30.3 Å². The Morgan fingerprint density at radius 1 is 1.05 bits per heavy atom. The summed E-state index contributed by atoms with van der Waals surface area (Å²) in [5.41, 5.74) is 1.19. The molecule has 1 aromatic rings. The Morgan fingerprint density at radius 3 is 2.45 bits per heavy atom. The molecule has 0 aliphatic carbocycles. The first-order chi connectivity index (χ1) is 10.7. The zero-order chi connectivity index (χ0) is 15.4. The number of nitrogens with zero attached hydrogens (tertiary/aromatic N) is 3. The van der Waals surface area contributed by atoms with Crippen LogP contribution in [0.25, 0.3) is 0 Å². The second-order valence-electron chi connectivity index (χ2n) is 5.59. The van der Waals surface area contributed by atoms with Crippen LogP contribution in [0, 0.1) is 0 Å². The first-order valence-corrected chi connectivity index (χ1v) is 7.73. The maximum atomic E-state index is 12.3. The highest BCUT2D eigenvalue weighted by Gasteiger charge is 2.26. The molecule has 0 spiro atoms. The molecule has 6 nitrogen and oxygen atoms in total. The second kappa shape index (κ2) is 6.68. The summed E-state index contributed by atoms with van der Waals surface area (Å²) in [7, 11) is 0. The van der Waals surface area contributed by atoms with Gasteiger partial charge in [0.25, 0.3) is 0 Å². The van der Waals surface area contributed by atoms with Crippen LogP contribution in [0.3, 0.4) is 0 Å². The van der Waals surface area contributed by atoms with Crippen LogP contribution in [0.15, 0.2) is 30.3 Å². The molecular weight excluding hydrogens is 282 g/mol. The van der Waals surface area contributed by atoms with E-state index in [-0.39, 0.29) is 18.5 Å². The van der Waals surface area contributed by atoms with E-state index < -0.39 is 0 Å². The molecule has 2 aliphatic rings. The Kier molecular flexibility index (Phi) is 4.46. The SMILES string of the molecule is O=C(CN1CCCOC1=O)N1CCN(c2ccccc2)CC1. The van der Waals surface area contributed by atoms with Crippen LogP contribution >= 0.6 is 0 Å². The molecule has 6 heteroatoms. The standard InChI is InChI=1S/C16H21N3O3/c20-15(13-19-7-4-12-22-16(19)21)18-10-8-17(9-11-18)14-5-2-1-3-6-14/h1-3,5-6H,4,7-13H2. The van der Waals surface area contributed by atoms with Gasteiger partial charge in [-0.1, -0.05) is 18.2 Å². The maximum absolute atomic E-state index is 12.3. The number of hydrogen-bond acceptors (Lipinski definition) is 4. The van der Waals surface area contributed by atoms with Crippen molar-refractivity contribution in [3.63, 3.8) is 0 Å². The number of anilines is 1. The average molecular weight is 303 g/mol. The topological polar surface area (TPSA) is 53.1 Å². The third kappa shape index (κ3) is 3.32. The van der Waals surface area contributed by atoms with Gasteiger partial charge in [0.1, 0.15) is 6.54 Å². The third-order valence-electron chi connectivity index (χ3n) is 4.14. The zero-order valence-electron chi connectivity index (χ0n) is 12.6. The first kappa shape index (κ1) is 14.7. The van der Waals surface area contributed by atoms with E-state index in [2.05, 4.69) is 17.0 Å². The van der Waals surface area contributed by atoms with Crippen molar-refractivity contribution in [1.82, 2.24) is 9.80 Å². The molecule has 2 amide bonds. The van der Waals surface area contributed by atoms with Gasteiger partial charge >= 0.3 is 6.09 Å². The van der Waals surface area contributed by atoms with Crippen LogP contribution in [-0.2, 0) is 9.53 Å². The van der Waals surface area contributed by atoms with Gasteiger partial charge in [-0.25, -0.2) is 4.79 Å². The lowest BCUT2D eigenvalue weighted by Crippen LogP contribution is -2.52. The van der Waals surface area contributed by atoms with E-state index in [9.17, 15) is 9.59 Å². The molecule has 22 heavy (non-hydrogen) atoms. The molecule has 2 aliphatic heterocycles. The highest BCUT2D eigenvalue weighted by molar-refractivity contribution is 5.82. The number of hydrogen-bond donors (Lipinski definition) is 0. The van der Waals surface area contributed by atoms with Gasteiger partial charge in [-0.2, -0.15) is 0 Å². The van der Waals surface area contributed by atoms with Crippen molar-refractivity contribution in [3.8, 4) is 0 Å². The average Bonchev–Trinajstić information content (AvgIpc) is 2.58. The minimum Gasteiger partial charge on any atom is -0.449 e. The first-order valence-electron chi connectivity index (χ1n) is 7.73. The quantitative estimate of drug-likeness (QED) is 0.841. The van der Waals surface area contributed by atoms with Crippen LogP contribution in [-0.4, -0.2) is 67.7 Å². The van der Waals surface area contributed by atoms with Crippen LogP contribution < -0.4 is 4.90 Å². The lowest BCUT2D eigenvalue weighted by molar-refractivity contribution is -0.132. The lowest BCUT2D eigenvalue weighted by atomic mass is 10.2. The molecule has 2 fully saturated rings. The number of carbonyl (C=O) groups excluding carboxylic acids is 2. The minimum atomic E-state index is -0.373. The smallest absolute Gasteiger partial charge is 0.410 e. The summed E-state index contributed by atoms with van der Waals surface area (Å²) in [6.07, 6.45) is 0.420. The summed E-state index contributed by atoms with van der Waals surface area (Å²) in [5.74, 6) is 0.00608. The van der Waals surface area contributed by atoms with E-state index in [1.165, 1.54) is 10.6 Å². The second-order valence-corrected chi connectivity index (χ2v) is 5.59. The lowest BCUT2D eigenvalue weighted by Gasteiger charge is -2.37. The molecule has 0 saturated carbocycles. The molecule has 2 saturated heterocycles. The largest absolute Gasteiger partial charge is 0.449 e. The fourth-order valence-corrected chi connectivity index (χ4v) is 2.86. The monoisotopic (exact) mass is 303 g/mol. The van der Waals surface area contributed by atoms with Gasteiger partial charge in [-0.15, -0.1) is 0 Å². The van der Waals surface area contributed by atoms with Crippen molar-refractivity contribution < 1.29 is 14.3 Å². The van der Waals surface area contributed by atoms with Crippen molar-refractivity contribution >= 4 is 17.7 Å². The predicted molar refractivity (Wildman–Crippen MR) is 82.8 cm³/mol. The van der Waals surface area contributed by atoms with Crippen molar-refractivity contribution in [2.75, 3.05) is 50.8 Å². The van der Waals surface area contributed by atoms with E-state index in [0.29, 0.717) is 26.2 Å². The Balaban J connectivity index is 1.50. The van der Waals surface area contributed by atoms with Crippen LogP contribution in [0.4, 0.5) is 10.5 Å². The number of benzene rings is 1. The molecule has 118 valence electrons. The molecule has 0 radical (unpaired) electrons. The number of piperazine rings is 1. The number of para-hydroxylation sites is 1. The Morgan fingerprint density at radius 2 is 1.77 bits per heavy atom. The number of rotatable bonds is 3. The molecule has 0 unspecified atom stereocenters. The van der Waals surface area contributed by atoms with E-state index in [0.717, 1.165) is 19.5 Å². The molecule has 2 heterocycles. The fraction of sp³-hybridized carbons (Fsp3) is 0.500. The Bertz CT molecular complexity index is 527. The Labute approximate surface area is 130 Å². The van der Waals surface area contributed by atoms with Gasteiger partial charge in [0.2, 0.25) is 5.91 Å². The highest BCUT2D eigenvalue weighted by atomic mass is 16.6. The molecule has 0 N–H and O–H groups in total. The van der Waals surface area contributed by atoms with Crippen molar-refractivity contribution in [1.29, 1.82) is 0 Å². The summed E-state index contributed by atoms with van der Waals surface area (Å²) in [6.45, 7) is 4.21.